The number of imide groups is 1. The van der Waals surface area contributed by atoms with E-state index in [1.165, 1.54) is 0 Å². The summed E-state index contributed by atoms with van der Waals surface area (Å²) in [6.45, 7) is 6.21. The zero-order valence-corrected chi connectivity index (χ0v) is 11.8. The molecular weight excluding hydrogens is 256 g/mol. The first-order valence-electron chi connectivity index (χ1n) is 6.78. The highest BCUT2D eigenvalue weighted by Gasteiger charge is 2.24. The van der Waals surface area contributed by atoms with Crippen molar-refractivity contribution < 1.29 is 9.59 Å². The van der Waals surface area contributed by atoms with Crippen molar-refractivity contribution in [2.24, 2.45) is 5.92 Å². The van der Waals surface area contributed by atoms with Gasteiger partial charge in [-0.05, 0) is 18.5 Å². The third kappa shape index (κ3) is 3.77. The Morgan fingerprint density at radius 3 is 2.70 bits per heavy atom. The van der Waals surface area contributed by atoms with Crippen LogP contribution in [0.5, 0.6) is 0 Å². The number of hydrogen-bond acceptors (Lipinski definition) is 5. The average molecular weight is 276 g/mol. The minimum Gasteiger partial charge on any atom is -0.338 e. The first kappa shape index (κ1) is 14.5. The van der Waals surface area contributed by atoms with E-state index in [2.05, 4.69) is 29.5 Å². The first-order valence-corrected chi connectivity index (χ1v) is 6.78. The third-order valence-electron chi connectivity index (χ3n) is 2.98. The molecule has 0 spiro atoms. The summed E-state index contributed by atoms with van der Waals surface area (Å²) in [5, 5.41) is 5.64. The highest BCUT2D eigenvalue weighted by molar-refractivity contribution is 6.02. The van der Waals surface area contributed by atoms with Crippen molar-refractivity contribution in [2.45, 2.75) is 20.4 Å². The van der Waals surface area contributed by atoms with E-state index >= 15 is 0 Å². The van der Waals surface area contributed by atoms with E-state index in [9.17, 15) is 9.59 Å². The average Bonchev–Trinajstić information content (AvgIpc) is 2.37. The molecule has 6 heteroatoms. The lowest BCUT2D eigenvalue weighted by atomic mass is 10.2. The molecule has 1 aliphatic heterocycles. The molecule has 6 nitrogen and oxygen atoms in total. The van der Waals surface area contributed by atoms with Crippen LogP contribution in [0, 0.1) is 5.92 Å². The molecule has 0 atom stereocenters. The summed E-state index contributed by atoms with van der Waals surface area (Å²) < 4.78 is 0. The molecule has 108 valence electrons. The largest absolute Gasteiger partial charge is 0.338 e. The summed E-state index contributed by atoms with van der Waals surface area (Å²) in [5.74, 6) is 0.699. The summed E-state index contributed by atoms with van der Waals surface area (Å²) in [6.07, 6.45) is 1.68. The van der Waals surface area contributed by atoms with E-state index in [4.69, 9.17) is 0 Å². The number of pyridine rings is 1. The van der Waals surface area contributed by atoms with Gasteiger partial charge in [0.15, 0.2) is 0 Å². The van der Waals surface area contributed by atoms with E-state index in [1.807, 2.05) is 12.1 Å². The lowest BCUT2D eigenvalue weighted by molar-refractivity contribution is -0.130. The number of carbonyl (C=O) groups excluding carboxylic acids is 2. The third-order valence-corrected chi connectivity index (χ3v) is 2.98. The van der Waals surface area contributed by atoms with Crippen molar-refractivity contribution in [1.29, 1.82) is 0 Å². The van der Waals surface area contributed by atoms with E-state index in [0.29, 0.717) is 18.3 Å². The lowest BCUT2D eigenvalue weighted by Crippen LogP contribution is -2.52. The van der Waals surface area contributed by atoms with Crippen molar-refractivity contribution >= 4 is 17.6 Å². The van der Waals surface area contributed by atoms with Crippen molar-refractivity contribution in [1.82, 2.24) is 15.6 Å². The Hall–Kier alpha value is -1.95. The molecule has 0 aromatic carbocycles. The molecule has 20 heavy (non-hydrogen) atoms. The monoisotopic (exact) mass is 276 g/mol. The number of anilines is 1. The molecule has 1 fully saturated rings. The van der Waals surface area contributed by atoms with Crippen LogP contribution in [0.2, 0.25) is 0 Å². The maximum atomic E-state index is 11.5. The van der Waals surface area contributed by atoms with Gasteiger partial charge in [-0.2, -0.15) is 0 Å². The molecule has 0 unspecified atom stereocenters. The van der Waals surface area contributed by atoms with E-state index in [1.54, 1.807) is 11.1 Å². The second kappa shape index (κ2) is 6.47. The number of piperazine rings is 1. The van der Waals surface area contributed by atoms with Gasteiger partial charge in [0, 0.05) is 18.3 Å². The van der Waals surface area contributed by atoms with Gasteiger partial charge in [-0.15, -0.1) is 0 Å². The Kier molecular flexibility index (Phi) is 4.68. The Balaban J connectivity index is 2.10. The number of aromatic nitrogens is 1. The van der Waals surface area contributed by atoms with Crippen LogP contribution < -0.4 is 15.5 Å². The molecule has 0 saturated carbocycles. The van der Waals surface area contributed by atoms with Crippen LogP contribution in [0.15, 0.2) is 18.3 Å². The predicted octanol–water partition coefficient (Wildman–Crippen LogP) is 0.290. The van der Waals surface area contributed by atoms with Crippen LogP contribution in [0.3, 0.4) is 0 Å². The Morgan fingerprint density at radius 1 is 1.35 bits per heavy atom. The summed E-state index contributed by atoms with van der Waals surface area (Å²) in [7, 11) is 0. The predicted molar refractivity (Wildman–Crippen MR) is 76.1 cm³/mol. The number of nitrogens with zero attached hydrogens (tertiary/aromatic N) is 2. The number of hydrogen-bond donors (Lipinski definition) is 2. The van der Waals surface area contributed by atoms with Crippen molar-refractivity contribution in [3.63, 3.8) is 0 Å². The fourth-order valence-electron chi connectivity index (χ4n) is 2.14. The second-order valence-electron chi connectivity index (χ2n) is 5.34. The molecule has 1 saturated heterocycles. The lowest BCUT2D eigenvalue weighted by Gasteiger charge is -2.28. The van der Waals surface area contributed by atoms with Gasteiger partial charge in [0.2, 0.25) is 11.8 Å². The van der Waals surface area contributed by atoms with Crippen molar-refractivity contribution in [3.8, 4) is 0 Å². The summed E-state index contributed by atoms with van der Waals surface area (Å²) in [5.41, 5.74) is 0.996. The van der Waals surface area contributed by atoms with E-state index in [-0.39, 0.29) is 24.9 Å². The molecular formula is C14H20N4O2. The van der Waals surface area contributed by atoms with Gasteiger partial charge < -0.3 is 10.2 Å². The number of nitrogens with one attached hydrogen (secondary N) is 2. The normalized spacial score (nSPS) is 15.7. The van der Waals surface area contributed by atoms with Crippen molar-refractivity contribution in [3.05, 3.63) is 23.9 Å². The Labute approximate surface area is 118 Å². The minimum atomic E-state index is -0.284. The van der Waals surface area contributed by atoms with Gasteiger partial charge in [0.25, 0.3) is 0 Å². The maximum absolute atomic E-state index is 11.5. The molecule has 0 radical (unpaired) electrons. The molecule has 1 aromatic rings. The van der Waals surface area contributed by atoms with Crippen molar-refractivity contribution in [2.75, 3.05) is 24.5 Å². The summed E-state index contributed by atoms with van der Waals surface area (Å²) in [6, 6.07) is 3.83. The smallest absolute Gasteiger partial charge is 0.246 e. The first-order chi connectivity index (χ1) is 9.56. The zero-order valence-electron chi connectivity index (χ0n) is 11.8. The topological polar surface area (TPSA) is 74.3 Å². The van der Waals surface area contributed by atoms with Gasteiger partial charge in [-0.25, -0.2) is 4.98 Å². The van der Waals surface area contributed by atoms with Gasteiger partial charge in [0.1, 0.15) is 5.82 Å². The number of carbonyl (C=O) groups is 2. The molecule has 2 amide bonds. The van der Waals surface area contributed by atoms with Crippen LogP contribution in [0.4, 0.5) is 5.82 Å². The number of rotatable bonds is 5. The maximum Gasteiger partial charge on any atom is 0.246 e. The summed E-state index contributed by atoms with van der Waals surface area (Å²) >= 11 is 0. The van der Waals surface area contributed by atoms with Gasteiger partial charge in [-0.3, -0.25) is 14.9 Å². The van der Waals surface area contributed by atoms with Crippen LogP contribution in [0.1, 0.15) is 19.4 Å². The fraction of sp³-hybridized carbons (Fsp3) is 0.500. The quantitative estimate of drug-likeness (QED) is 0.756. The SMILES string of the molecule is CC(C)CNCc1cccnc1N1CC(=O)NC(=O)C1. The van der Waals surface area contributed by atoms with Gasteiger partial charge >= 0.3 is 0 Å². The number of amides is 2. The standard InChI is InChI=1S/C14H20N4O2/c1-10(2)6-15-7-11-4-3-5-16-14(11)18-8-12(19)17-13(20)9-18/h3-5,10,15H,6-9H2,1-2H3,(H,17,19,20). The fourth-order valence-corrected chi connectivity index (χ4v) is 2.14. The molecule has 1 aliphatic rings. The van der Waals surface area contributed by atoms with Gasteiger partial charge in [-0.1, -0.05) is 19.9 Å². The van der Waals surface area contributed by atoms with E-state index < -0.39 is 0 Å². The molecule has 2 N–H and O–H groups in total. The molecule has 0 bridgehead atoms. The zero-order chi connectivity index (χ0) is 14.5. The minimum absolute atomic E-state index is 0.167. The van der Waals surface area contributed by atoms with Crippen LogP contribution in [0.25, 0.3) is 0 Å². The highest BCUT2D eigenvalue weighted by Crippen LogP contribution is 2.17. The van der Waals surface area contributed by atoms with Crippen LogP contribution >= 0.6 is 0 Å². The molecule has 0 aliphatic carbocycles. The molecule has 2 rings (SSSR count). The van der Waals surface area contributed by atoms with Crippen LogP contribution in [-0.4, -0.2) is 36.4 Å². The van der Waals surface area contributed by atoms with E-state index in [0.717, 1.165) is 12.1 Å². The summed E-state index contributed by atoms with van der Waals surface area (Å²) in [4.78, 5) is 28.9. The van der Waals surface area contributed by atoms with Gasteiger partial charge in [0.05, 0.1) is 13.1 Å². The molecule has 2 heterocycles. The Morgan fingerprint density at radius 2 is 2.05 bits per heavy atom. The second-order valence-corrected chi connectivity index (χ2v) is 5.34. The Bertz CT molecular complexity index is 486. The van der Waals surface area contributed by atoms with Crippen LogP contribution in [-0.2, 0) is 16.1 Å². The molecule has 1 aromatic heterocycles. The highest BCUT2D eigenvalue weighted by atomic mass is 16.2.